The van der Waals surface area contributed by atoms with E-state index < -0.39 is 16.7 Å². The zero-order valence-corrected chi connectivity index (χ0v) is 14.6. The Morgan fingerprint density at radius 1 is 1.04 bits per heavy atom. The molecule has 0 saturated carbocycles. The van der Waals surface area contributed by atoms with E-state index in [1.165, 1.54) is 31.4 Å². The third-order valence-corrected chi connectivity index (χ3v) is 5.25. The van der Waals surface area contributed by atoms with Crippen molar-refractivity contribution in [2.75, 3.05) is 7.11 Å². The normalized spacial score (nSPS) is 13.8. The van der Waals surface area contributed by atoms with Crippen LogP contribution in [0.1, 0.15) is 17.5 Å². The van der Waals surface area contributed by atoms with Crippen LogP contribution in [0.5, 0.6) is 17.2 Å². The summed E-state index contributed by atoms with van der Waals surface area (Å²) in [5.74, 6) is 0.452. The third-order valence-electron chi connectivity index (χ3n) is 3.89. The summed E-state index contributed by atoms with van der Waals surface area (Å²) < 4.78 is 64.4. The second kappa shape index (κ2) is 7.33. The number of halogens is 2. The highest BCUT2D eigenvalue weighted by molar-refractivity contribution is 7.91. The quantitative estimate of drug-likeness (QED) is 0.707. The van der Waals surface area contributed by atoms with E-state index in [9.17, 15) is 17.2 Å². The lowest BCUT2D eigenvalue weighted by Crippen LogP contribution is -2.15. The SMILES string of the molecule is COc1ccccc1OS(=O)(=O)C1=Cc2ccc(OC(F)F)cc2CC1. The van der Waals surface area contributed by atoms with Gasteiger partial charge in [-0.25, -0.2) is 0 Å². The monoisotopic (exact) mass is 382 g/mol. The molecule has 0 bridgehead atoms. The minimum Gasteiger partial charge on any atom is -0.493 e. The number of fused-ring (bicyclic) bond motifs is 1. The standard InChI is InChI=1S/C18H16F2O5S/c1-23-16-4-2-3-5-17(16)25-26(21,22)15-9-7-12-10-14(24-18(19)20)8-6-13(12)11-15/h2-6,8,10-11,18H,7,9H2,1H3. The van der Waals surface area contributed by atoms with Gasteiger partial charge < -0.3 is 13.7 Å². The molecule has 0 N–H and O–H groups in total. The number of allylic oxidation sites excluding steroid dienone is 1. The molecular weight excluding hydrogens is 366 g/mol. The molecule has 0 heterocycles. The summed E-state index contributed by atoms with van der Waals surface area (Å²) in [6.45, 7) is -2.91. The lowest BCUT2D eigenvalue weighted by atomic mass is 9.97. The molecule has 26 heavy (non-hydrogen) atoms. The van der Waals surface area contributed by atoms with E-state index in [-0.39, 0.29) is 22.8 Å². The molecule has 0 saturated heterocycles. The number of rotatable bonds is 6. The van der Waals surface area contributed by atoms with E-state index in [2.05, 4.69) is 4.74 Å². The molecular formula is C18H16F2O5S. The fourth-order valence-corrected chi connectivity index (χ4v) is 3.78. The van der Waals surface area contributed by atoms with Crippen molar-refractivity contribution in [2.45, 2.75) is 19.5 Å². The number of para-hydroxylation sites is 2. The van der Waals surface area contributed by atoms with E-state index in [4.69, 9.17) is 8.92 Å². The van der Waals surface area contributed by atoms with Gasteiger partial charge in [0.05, 0.1) is 12.0 Å². The third kappa shape index (κ3) is 3.96. The highest BCUT2D eigenvalue weighted by Gasteiger charge is 2.25. The minimum atomic E-state index is -4.01. The molecule has 1 aliphatic rings. The van der Waals surface area contributed by atoms with Gasteiger partial charge in [0.15, 0.2) is 11.5 Å². The molecule has 2 aromatic carbocycles. The second-order valence-corrected chi connectivity index (χ2v) is 7.14. The fourth-order valence-electron chi connectivity index (χ4n) is 2.68. The lowest BCUT2D eigenvalue weighted by molar-refractivity contribution is -0.0498. The number of hydrogen-bond acceptors (Lipinski definition) is 5. The van der Waals surface area contributed by atoms with Crippen molar-refractivity contribution in [3.05, 3.63) is 58.5 Å². The zero-order valence-electron chi connectivity index (χ0n) is 13.8. The predicted molar refractivity (Wildman–Crippen MR) is 91.9 cm³/mol. The maximum absolute atomic E-state index is 12.6. The van der Waals surface area contributed by atoms with Crippen molar-refractivity contribution in [2.24, 2.45) is 0 Å². The van der Waals surface area contributed by atoms with E-state index in [1.54, 1.807) is 24.3 Å². The van der Waals surface area contributed by atoms with Crippen molar-refractivity contribution >= 4 is 16.2 Å². The van der Waals surface area contributed by atoms with E-state index >= 15 is 0 Å². The van der Waals surface area contributed by atoms with Gasteiger partial charge in [0, 0.05) is 0 Å². The van der Waals surface area contributed by atoms with Gasteiger partial charge in [-0.1, -0.05) is 18.2 Å². The number of aryl methyl sites for hydroxylation is 1. The summed E-state index contributed by atoms with van der Waals surface area (Å²) in [6, 6.07) is 10.9. The Hall–Kier alpha value is -2.61. The smallest absolute Gasteiger partial charge is 0.387 e. The molecule has 5 nitrogen and oxygen atoms in total. The molecule has 3 rings (SSSR count). The molecule has 0 spiro atoms. The molecule has 0 fully saturated rings. The molecule has 8 heteroatoms. The highest BCUT2D eigenvalue weighted by atomic mass is 32.2. The fraction of sp³-hybridized carbons (Fsp3) is 0.222. The maximum atomic E-state index is 12.6. The van der Waals surface area contributed by atoms with Gasteiger partial charge in [-0.15, -0.1) is 0 Å². The van der Waals surface area contributed by atoms with Crippen LogP contribution in [0.4, 0.5) is 8.78 Å². The summed E-state index contributed by atoms with van der Waals surface area (Å²) in [5.41, 5.74) is 1.36. The number of hydrogen-bond donors (Lipinski definition) is 0. The van der Waals surface area contributed by atoms with Gasteiger partial charge in [-0.3, -0.25) is 0 Å². The van der Waals surface area contributed by atoms with E-state index in [0.717, 1.165) is 5.56 Å². The van der Waals surface area contributed by atoms with Crippen LogP contribution in [0.3, 0.4) is 0 Å². The summed E-state index contributed by atoms with van der Waals surface area (Å²) >= 11 is 0. The van der Waals surface area contributed by atoms with Crippen LogP contribution in [0.2, 0.25) is 0 Å². The summed E-state index contributed by atoms with van der Waals surface area (Å²) in [4.78, 5) is 0.110. The molecule has 138 valence electrons. The molecule has 0 amide bonds. The first-order valence-electron chi connectivity index (χ1n) is 7.75. The Kier molecular flexibility index (Phi) is 5.13. The van der Waals surface area contributed by atoms with Crippen LogP contribution < -0.4 is 13.7 Å². The number of benzene rings is 2. The first kappa shape index (κ1) is 18.2. The van der Waals surface area contributed by atoms with Crippen molar-refractivity contribution in [3.8, 4) is 17.2 Å². The van der Waals surface area contributed by atoms with Crippen LogP contribution in [-0.4, -0.2) is 22.1 Å². The van der Waals surface area contributed by atoms with Gasteiger partial charge in [0.2, 0.25) is 0 Å². The molecule has 0 unspecified atom stereocenters. The lowest BCUT2D eigenvalue weighted by Gasteiger charge is -2.18. The minimum absolute atomic E-state index is 0.0451. The van der Waals surface area contributed by atoms with Crippen LogP contribution in [0.25, 0.3) is 6.08 Å². The van der Waals surface area contributed by atoms with Gasteiger partial charge >= 0.3 is 16.7 Å². The molecule has 0 aromatic heterocycles. The van der Waals surface area contributed by atoms with Gasteiger partial charge in [0.1, 0.15) is 5.75 Å². The number of ether oxygens (including phenoxy) is 2. The average Bonchev–Trinajstić information content (AvgIpc) is 2.61. The number of alkyl halides is 2. The highest BCUT2D eigenvalue weighted by Crippen LogP contribution is 2.33. The first-order chi connectivity index (χ1) is 12.4. The van der Waals surface area contributed by atoms with Crippen LogP contribution in [-0.2, 0) is 16.5 Å². The van der Waals surface area contributed by atoms with Crippen molar-refractivity contribution in [1.29, 1.82) is 0 Å². The van der Waals surface area contributed by atoms with Crippen molar-refractivity contribution in [3.63, 3.8) is 0 Å². The van der Waals surface area contributed by atoms with E-state index in [0.29, 0.717) is 17.7 Å². The van der Waals surface area contributed by atoms with Crippen LogP contribution in [0.15, 0.2) is 47.4 Å². The predicted octanol–water partition coefficient (Wildman–Crippen LogP) is 3.99. The summed E-state index contributed by atoms with van der Waals surface area (Å²) in [7, 11) is -2.59. The molecule has 0 aliphatic heterocycles. The summed E-state index contributed by atoms with van der Waals surface area (Å²) in [5, 5.41) is 0. The Morgan fingerprint density at radius 2 is 1.77 bits per heavy atom. The average molecular weight is 382 g/mol. The first-order valence-corrected chi connectivity index (χ1v) is 9.15. The second-order valence-electron chi connectivity index (χ2n) is 5.54. The largest absolute Gasteiger partial charge is 0.493 e. The Bertz CT molecular complexity index is 938. The van der Waals surface area contributed by atoms with Crippen molar-refractivity contribution < 1.29 is 30.9 Å². The molecule has 0 atom stereocenters. The van der Waals surface area contributed by atoms with Crippen LogP contribution >= 0.6 is 0 Å². The number of methoxy groups -OCH3 is 1. The van der Waals surface area contributed by atoms with Crippen LogP contribution in [0, 0.1) is 0 Å². The Balaban J connectivity index is 1.86. The van der Waals surface area contributed by atoms with Crippen molar-refractivity contribution in [1.82, 2.24) is 0 Å². The van der Waals surface area contributed by atoms with Gasteiger partial charge in [-0.2, -0.15) is 17.2 Å². The van der Waals surface area contributed by atoms with Gasteiger partial charge in [-0.05, 0) is 54.3 Å². The van der Waals surface area contributed by atoms with E-state index in [1.807, 2.05) is 0 Å². The maximum Gasteiger partial charge on any atom is 0.387 e. The zero-order chi connectivity index (χ0) is 18.7. The summed E-state index contributed by atoms with van der Waals surface area (Å²) in [6.07, 6.45) is 2.05. The molecule has 2 aromatic rings. The molecule has 0 radical (unpaired) electrons. The Morgan fingerprint density at radius 3 is 2.46 bits per heavy atom. The topological polar surface area (TPSA) is 61.8 Å². The Labute approximate surface area is 149 Å². The van der Waals surface area contributed by atoms with Gasteiger partial charge in [0.25, 0.3) is 0 Å². The molecule has 1 aliphatic carbocycles.